The minimum Gasteiger partial charge on any atom is -0.504 e. The number of phenolic OH excluding ortho intramolecular Hbond substituents is 2. The number of aromatic nitrogens is 2. The molecule has 0 bridgehead atoms. The number of fused-ring (bicyclic) bond motifs is 1. The van der Waals surface area contributed by atoms with Crippen LogP contribution in [0.4, 0.5) is 13.2 Å². The average molecular weight is 413 g/mol. The van der Waals surface area contributed by atoms with E-state index in [0.717, 1.165) is 18.3 Å². The summed E-state index contributed by atoms with van der Waals surface area (Å²) in [6.07, 6.45) is -2.81. The van der Waals surface area contributed by atoms with Crippen molar-refractivity contribution >= 4 is 11.0 Å². The van der Waals surface area contributed by atoms with Gasteiger partial charge in [-0.2, -0.15) is 23.5 Å². The van der Waals surface area contributed by atoms with Crippen molar-refractivity contribution in [2.45, 2.75) is 6.18 Å². The van der Waals surface area contributed by atoms with E-state index in [1.54, 1.807) is 18.2 Å². The molecule has 0 saturated heterocycles. The Hall–Kier alpha value is -4.26. The number of phenols is 2. The van der Waals surface area contributed by atoms with Crippen molar-refractivity contribution < 1.29 is 27.8 Å². The summed E-state index contributed by atoms with van der Waals surface area (Å²) < 4.78 is 47.0. The first-order valence-electron chi connectivity index (χ1n) is 8.35. The maximum atomic E-state index is 13.7. The van der Waals surface area contributed by atoms with Crippen molar-refractivity contribution in [3.05, 3.63) is 70.3 Å². The summed E-state index contributed by atoms with van der Waals surface area (Å²) in [5.74, 6) is -3.33. The lowest BCUT2D eigenvalue weighted by Crippen LogP contribution is -2.15. The van der Waals surface area contributed by atoms with Crippen molar-refractivity contribution in [1.29, 1.82) is 5.26 Å². The summed E-state index contributed by atoms with van der Waals surface area (Å²) in [4.78, 5) is 12.9. The van der Waals surface area contributed by atoms with Gasteiger partial charge in [0, 0.05) is 11.8 Å². The second-order valence-electron chi connectivity index (χ2n) is 6.28. The number of hydrogen-bond acceptors (Lipinski definition) is 6. The molecule has 4 aromatic rings. The second kappa shape index (κ2) is 6.66. The monoisotopic (exact) mass is 413 g/mol. The van der Waals surface area contributed by atoms with Crippen LogP contribution >= 0.6 is 0 Å². The molecule has 0 aliphatic carbocycles. The molecule has 0 fully saturated rings. The van der Waals surface area contributed by atoms with Gasteiger partial charge in [0.05, 0.1) is 34.5 Å². The van der Waals surface area contributed by atoms with Gasteiger partial charge in [-0.1, -0.05) is 6.07 Å². The third kappa shape index (κ3) is 3.02. The van der Waals surface area contributed by atoms with Crippen LogP contribution in [0.25, 0.3) is 27.8 Å². The number of hydrogen-bond donors (Lipinski definition) is 2. The lowest BCUT2D eigenvalue weighted by atomic mass is 10.0. The predicted octanol–water partition coefficient (Wildman–Crippen LogP) is 3.95. The highest BCUT2D eigenvalue weighted by Gasteiger charge is 2.40. The molecule has 0 unspecified atom stereocenters. The molecule has 0 spiro atoms. The number of nitrogens with zero attached hydrogens (tertiary/aromatic N) is 3. The van der Waals surface area contributed by atoms with E-state index < -0.39 is 40.0 Å². The quantitative estimate of drug-likeness (QED) is 0.481. The largest absolute Gasteiger partial charge is 0.504 e. The fourth-order valence-electron chi connectivity index (χ4n) is 3.01. The first kappa shape index (κ1) is 19.1. The molecule has 0 saturated carbocycles. The van der Waals surface area contributed by atoms with Gasteiger partial charge in [0.15, 0.2) is 11.3 Å². The maximum absolute atomic E-state index is 13.7. The van der Waals surface area contributed by atoms with Gasteiger partial charge < -0.3 is 14.6 Å². The summed E-state index contributed by atoms with van der Waals surface area (Å²) in [5, 5.41) is 32.0. The van der Waals surface area contributed by atoms with E-state index in [2.05, 4.69) is 5.10 Å². The molecular formula is C20H10F3N3O4. The van der Waals surface area contributed by atoms with Crippen LogP contribution in [0.3, 0.4) is 0 Å². The lowest BCUT2D eigenvalue weighted by molar-refractivity contribution is -0.152. The van der Waals surface area contributed by atoms with E-state index in [1.165, 1.54) is 16.9 Å². The third-order valence-corrected chi connectivity index (χ3v) is 4.38. The number of nitriles is 1. The molecule has 0 atom stereocenters. The maximum Gasteiger partial charge on any atom is 0.450 e. The molecule has 0 radical (unpaired) electrons. The number of rotatable bonds is 2. The Morgan fingerprint density at radius 1 is 1.17 bits per heavy atom. The summed E-state index contributed by atoms with van der Waals surface area (Å²) in [6.45, 7) is 0. The SMILES string of the molecule is N#Cc1cccc(-n2cc(-c3c(C(F)(F)F)oc4c(O)c(O)ccc4c3=O)cn2)c1. The minimum absolute atomic E-state index is 0.173. The summed E-state index contributed by atoms with van der Waals surface area (Å²) in [5.41, 5.74) is -2.06. The number of halogens is 3. The molecule has 4 rings (SSSR count). The van der Waals surface area contributed by atoms with Gasteiger partial charge in [-0.15, -0.1) is 0 Å². The third-order valence-electron chi connectivity index (χ3n) is 4.38. The van der Waals surface area contributed by atoms with Gasteiger partial charge in [0.2, 0.25) is 16.9 Å². The van der Waals surface area contributed by atoms with Crippen LogP contribution in [0.1, 0.15) is 11.3 Å². The Balaban J connectivity index is 1.98. The molecule has 2 aromatic carbocycles. The van der Waals surface area contributed by atoms with Crippen molar-refractivity contribution in [3.8, 4) is 34.4 Å². The Kier molecular flexibility index (Phi) is 4.24. The Labute approximate surface area is 165 Å². The van der Waals surface area contributed by atoms with Crippen molar-refractivity contribution in [1.82, 2.24) is 9.78 Å². The fraction of sp³-hybridized carbons (Fsp3) is 0.0500. The molecular weight excluding hydrogens is 403 g/mol. The molecule has 0 aliphatic rings. The Morgan fingerprint density at radius 3 is 2.63 bits per heavy atom. The summed E-state index contributed by atoms with van der Waals surface area (Å²) in [7, 11) is 0. The van der Waals surface area contributed by atoms with Gasteiger partial charge in [-0.25, -0.2) is 4.68 Å². The molecule has 2 N–H and O–H groups in total. The average Bonchev–Trinajstić information content (AvgIpc) is 3.20. The van der Waals surface area contributed by atoms with Crippen LogP contribution in [0.2, 0.25) is 0 Å². The van der Waals surface area contributed by atoms with Crippen molar-refractivity contribution in [2.24, 2.45) is 0 Å². The van der Waals surface area contributed by atoms with Crippen molar-refractivity contribution in [2.75, 3.05) is 0 Å². The fourth-order valence-corrected chi connectivity index (χ4v) is 3.01. The molecule has 2 aromatic heterocycles. The number of benzene rings is 2. The molecule has 7 nitrogen and oxygen atoms in total. The topological polar surface area (TPSA) is 112 Å². The molecule has 30 heavy (non-hydrogen) atoms. The van der Waals surface area contributed by atoms with E-state index in [9.17, 15) is 28.2 Å². The Morgan fingerprint density at radius 2 is 1.93 bits per heavy atom. The highest BCUT2D eigenvalue weighted by Crippen LogP contribution is 2.40. The molecule has 0 amide bonds. The first-order chi connectivity index (χ1) is 14.2. The normalized spacial score (nSPS) is 11.5. The Bertz CT molecular complexity index is 1400. The van der Waals surface area contributed by atoms with Crippen LogP contribution in [0.15, 0.2) is 58.0 Å². The van der Waals surface area contributed by atoms with E-state index in [0.29, 0.717) is 11.3 Å². The predicted molar refractivity (Wildman–Crippen MR) is 98.1 cm³/mol. The van der Waals surface area contributed by atoms with Gasteiger partial charge in [-0.3, -0.25) is 4.79 Å². The number of alkyl halides is 3. The van der Waals surface area contributed by atoms with E-state index in [-0.39, 0.29) is 10.9 Å². The molecule has 150 valence electrons. The van der Waals surface area contributed by atoms with Gasteiger partial charge in [-0.05, 0) is 30.3 Å². The summed E-state index contributed by atoms with van der Waals surface area (Å²) >= 11 is 0. The van der Waals surface area contributed by atoms with Crippen LogP contribution in [0, 0.1) is 11.3 Å². The number of aromatic hydroxyl groups is 2. The van der Waals surface area contributed by atoms with Crippen LogP contribution in [-0.4, -0.2) is 20.0 Å². The van der Waals surface area contributed by atoms with Gasteiger partial charge in [0.25, 0.3) is 0 Å². The minimum atomic E-state index is -5.07. The molecule has 10 heteroatoms. The second-order valence-corrected chi connectivity index (χ2v) is 6.28. The van der Waals surface area contributed by atoms with Gasteiger partial charge in [0.1, 0.15) is 0 Å². The summed E-state index contributed by atoms with van der Waals surface area (Å²) in [6, 6.07) is 10.2. The smallest absolute Gasteiger partial charge is 0.450 e. The zero-order valence-electron chi connectivity index (χ0n) is 14.8. The van der Waals surface area contributed by atoms with E-state index in [4.69, 9.17) is 9.68 Å². The van der Waals surface area contributed by atoms with E-state index in [1.807, 2.05) is 6.07 Å². The van der Waals surface area contributed by atoms with E-state index >= 15 is 0 Å². The standard InChI is InChI=1S/C20H10F3N3O4/c21-20(22,23)19-15(16(28)13-4-5-14(27)17(29)18(13)30-19)11-8-25-26(9-11)12-3-1-2-10(6-12)7-24/h1-6,8-9,27,29H. The highest BCUT2D eigenvalue weighted by atomic mass is 19.4. The first-order valence-corrected chi connectivity index (χ1v) is 8.35. The van der Waals surface area contributed by atoms with Gasteiger partial charge >= 0.3 is 6.18 Å². The zero-order valence-corrected chi connectivity index (χ0v) is 14.8. The molecule has 2 heterocycles. The highest BCUT2D eigenvalue weighted by molar-refractivity contribution is 5.88. The lowest BCUT2D eigenvalue weighted by Gasteiger charge is -2.12. The van der Waals surface area contributed by atoms with Crippen LogP contribution in [0.5, 0.6) is 11.5 Å². The van der Waals surface area contributed by atoms with Crippen molar-refractivity contribution in [3.63, 3.8) is 0 Å². The molecule has 0 aliphatic heterocycles. The van der Waals surface area contributed by atoms with Crippen LogP contribution in [-0.2, 0) is 6.18 Å². The zero-order chi connectivity index (χ0) is 21.6. The van der Waals surface area contributed by atoms with Crippen LogP contribution < -0.4 is 5.43 Å².